The number of hydrogen-bond acceptors (Lipinski definition) is 1. The Balaban J connectivity index is 2.30. The highest BCUT2D eigenvalue weighted by Crippen LogP contribution is 2.20. The Morgan fingerprint density at radius 1 is 1.15 bits per heavy atom. The van der Waals surface area contributed by atoms with Gasteiger partial charge in [0, 0.05) is 17.6 Å². The van der Waals surface area contributed by atoms with Crippen LogP contribution < -0.4 is 0 Å². The van der Waals surface area contributed by atoms with Gasteiger partial charge in [0.1, 0.15) is 0 Å². The average molecular weight is 240 g/mol. The van der Waals surface area contributed by atoms with Crippen LogP contribution in [0.2, 0.25) is 0 Å². The van der Waals surface area contributed by atoms with Crippen LogP contribution in [0.5, 0.6) is 0 Å². The smallest absolute Gasteiger partial charge is 0.0178 e. The molecular formula is C11H14BrN. The molecule has 0 amide bonds. The van der Waals surface area contributed by atoms with Crippen LogP contribution in [-0.2, 0) is 12.8 Å². The van der Waals surface area contributed by atoms with E-state index in [1.807, 2.05) is 0 Å². The first-order valence-electron chi connectivity index (χ1n) is 4.71. The van der Waals surface area contributed by atoms with E-state index in [0.717, 1.165) is 0 Å². The summed E-state index contributed by atoms with van der Waals surface area (Å²) in [4.78, 5) is 2.40. The van der Waals surface area contributed by atoms with E-state index in [2.05, 4.69) is 46.1 Å². The van der Waals surface area contributed by atoms with Crippen molar-refractivity contribution in [1.29, 1.82) is 0 Å². The van der Waals surface area contributed by atoms with Crippen LogP contribution in [-0.4, -0.2) is 25.0 Å². The molecule has 1 aromatic rings. The fourth-order valence-electron chi connectivity index (χ4n) is 1.81. The zero-order valence-corrected chi connectivity index (χ0v) is 9.47. The molecular weight excluding hydrogens is 226 g/mol. The fraction of sp³-hybridized carbons (Fsp3) is 0.455. The number of benzene rings is 1. The van der Waals surface area contributed by atoms with Crippen molar-refractivity contribution in [3.63, 3.8) is 0 Å². The van der Waals surface area contributed by atoms with E-state index in [-0.39, 0.29) is 0 Å². The van der Waals surface area contributed by atoms with Gasteiger partial charge in [-0.3, -0.25) is 0 Å². The molecule has 0 saturated heterocycles. The Labute approximate surface area is 87.9 Å². The summed E-state index contributed by atoms with van der Waals surface area (Å²) in [7, 11) is 2.20. The van der Waals surface area contributed by atoms with Crippen molar-refractivity contribution in [1.82, 2.24) is 4.90 Å². The van der Waals surface area contributed by atoms with Crippen LogP contribution in [0.1, 0.15) is 11.1 Å². The Morgan fingerprint density at radius 2 is 1.85 bits per heavy atom. The molecule has 1 aliphatic heterocycles. The van der Waals surface area contributed by atoms with Crippen molar-refractivity contribution in [2.75, 3.05) is 20.1 Å². The maximum Gasteiger partial charge on any atom is 0.0178 e. The predicted octanol–water partition coefficient (Wildman–Crippen LogP) is 2.48. The molecule has 0 spiro atoms. The third-order valence-electron chi connectivity index (χ3n) is 2.69. The number of rotatable bonds is 0. The second kappa shape index (κ2) is 3.81. The molecule has 70 valence electrons. The fourth-order valence-corrected chi connectivity index (χ4v) is 2.21. The second-order valence-corrected chi connectivity index (χ2v) is 4.63. The number of halogens is 1. The summed E-state index contributed by atoms with van der Waals surface area (Å²) in [5.41, 5.74) is 3.03. The maximum absolute atomic E-state index is 3.52. The summed E-state index contributed by atoms with van der Waals surface area (Å²) in [5, 5.41) is 0. The molecule has 0 unspecified atom stereocenters. The van der Waals surface area contributed by atoms with Gasteiger partial charge in [0.05, 0.1) is 0 Å². The normalized spacial score (nSPS) is 18.0. The summed E-state index contributed by atoms with van der Waals surface area (Å²) in [6.45, 7) is 2.37. The van der Waals surface area contributed by atoms with Crippen molar-refractivity contribution in [3.8, 4) is 0 Å². The van der Waals surface area contributed by atoms with E-state index in [1.165, 1.54) is 41.5 Å². The van der Waals surface area contributed by atoms with Crippen LogP contribution in [0.25, 0.3) is 0 Å². The Morgan fingerprint density at radius 3 is 2.62 bits per heavy atom. The average Bonchev–Trinajstić information content (AvgIpc) is 2.29. The SMILES string of the molecule is CN1CCc2ccc(Br)cc2CC1. The molecule has 0 atom stereocenters. The molecule has 0 aromatic heterocycles. The van der Waals surface area contributed by atoms with Crippen LogP contribution in [0.3, 0.4) is 0 Å². The zero-order valence-electron chi connectivity index (χ0n) is 7.89. The number of fused-ring (bicyclic) bond motifs is 1. The molecule has 1 aromatic carbocycles. The van der Waals surface area contributed by atoms with E-state index >= 15 is 0 Å². The van der Waals surface area contributed by atoms with Gasteiger partial charge < -0.3 is 4.90 Å². The molecule has 0 N–H and O–H groups in total. The topological polar surface area (TPSA) is 3.24 Å². The van der Waals surface area contributed by atoms with E-state index in [0.29, 0.717) is 0 Å². The lowest BCUT2D eigenvalue weighted by Gasteiger charge is -2.10. The third kappa shape index (κ3) is 2.12. The molecule has 0 bridgehead atoms. The largest absolute Gasteiger partial charge is 0.306 e. The van der Waals surface area contributed by atoms with Crippen molar-refractivity contribution < 1.29 is 0 Å². The van der Waals surface area contributed by atoms with Gasteiger partial charge in [-0.2, -0.15) is 0 Å². The summed E-state index contributed by atoms with van der Waals surface area (Å²) in [5.74, 6) is 0. The summed E-state index contributed by atoms with van der Waals surface area (Å²) in [6, 6.07) is 6.65. The molecule has 1 heterocycles. The summed E-state index contributed by atoms with van der Waals surface area (Å²) in [6.07, 6.45) is 2.38. The Hall–Kier alpha value is -0.340. The Kier molecular flexibility index (Phi) is 2.70. The second-order valence-electron chi connectivity index (χ2n) is 3.72. The number of hydrogen-bond donors (Lipinski definition) is 0. The highest BCUT2D eigenvalue weighted by atomic mass is 79.9. The quantitative estimate of drug-likeness (QED) is 0.673. The molecule has 2 rings (SSSR count). The van der Waals surface area contributed by atoms with Gasteiger partial charge in [-0.15, -0.1) is 0 Å². The van der Waals surface area contributed by atoms with Crippen molar-refractivity contribution in [2.24, 2.45) is 0 Å². The summed E-state index contributed by atoms with van der Waals surface area (Å²) >= 11 is 3.52. The lowest BCUT2D eigenvalue weighted by molar-refractivity contribution is 0.352. The molecule has 0 radical (unpaired) electrons. The monoisotopic (exact) mass is 239 g/mol. The molecule has 0 saturated carbocycles. The lowest BCUT2D eigenvalue weighted by atomic mass is 10.0. The molecule has 0 aliphatic carbocycles. The van der Waals surface area contributed by atoms with Crippen molar-refractivity contribution in [2.45, 2.75) is 12.8 Å². The number of likely N-dealkylation sites (N-methyl/N-ethyl adjacent to an activating group) is 1. The molecule has 13 heavy (non-hydrogen) atoms. The first-order chi connectivity index (χ1) is 6.25. The van der Waals surface area contributed by atoms with Gasteiger partial charge in [-0.25, -0.2) is 0 Å². The predicted molar refractivity (Wildman–Crippen MR) is 59.0 cm³/mol. The lowest BCUT2D eigenvalue weighted by Crippen LogP contribution is -2.20. The van der Waals surface area contributed by atoms with Gasteiger partial charge in [0.2, 0.25) is 0 Å². The first-order valence-corrected chi connectivity index (χ1v) is 5.51. The maximum atomic E-state index is 3.52. The van der Waals surface area contributed by atoms with Gasteiger partial charge in [0.25, 0.3) is 0 Å². The third-order valence-corrected chi connectivity index (χ3v) is 3.19. The minimum atomic E-state index is 1.18. The van der Waals surface area contributed by atoms with Gasteiger partial charge in [0.15, 0.2) is 0 Å². The summed E-state index contributed by atoms with van der Waals surface area (Å²) < 4.78 is 1.20. The number of nitrogens with zero attached hydrogens (tertiary/aromatic N) is 1. The van der Waals surface area contributed by atoms with Gasteiger partial charge >= 0.3 is 0 Å². The molecule has 2 heteroatoms. The first kappa shape index (κ1) is 9.22. The van der Waals surface area contributed by atoms with Crippen molar-refractivity contribution >= 4 is 15.9 Å². The van der Waals surface area contributed by atoms with Crippen LogP contribution in [0.15, 0.2) is 22.7 Å². The highest BCUT2D eigenvalue weighted by Gasteiger charge is 2.10. The van der Waals surface area contributed by atoms with Gasteiger partial charge in [-0.05, 0) is 43.1 Å². The van der Waals surface area contributed by atoms with Crippen LogP contribution >= 0.6 is 15.9 Å². The Bertz CT molecular complexity index is 309. The molecule has 1 aliphatic rings. The van der Waals surface area contributed by atoms with E-state index in [9.17, 15) is 0 Å². The standard InChI is InChI=1S/C11H14BrN/c1-13-6-4-9-2-3-11(12)8-10(9)5-7-13/h2-3,8H,4-7H2,1H3. The van der Waals surface area contributed by atoms with Crippen molar-refractivity contribution in [3.05, 3.63) is 33.8 Å². The highest BCUT2D eigenvalue weighted by molar-refractivity contribution is 9.10. The van der Waals surface area contributed by atoms with E-state index < -0.39 is 0 Å². The van der Waals surface area contributed by atoms with E-state index in [1.54, 1.807) is 0 Å². The minimum absolute atomic E-state index is 1.18. The molecule has 1 nitrogen and oxygen atoms in total. The van der Waals surface area contributed by atoms with Gasteiger partial charge in [-0.1, -0.05) is 22.0 Å². The molecule has 0 fully saturated rings. The zero-order chi connectivity index (χ0) is 9.26. The van der Waals surface area contributed by atoms with Crippen LogP contribution in [0.4, 0.5) is 0 Å². The van der Waals surface area contributed by atoms with Crippen LogP contribution in [0, 0.1) is 0 Å². The minimum Gasteiger partial charge on any atom is -0.306 e. The van der Waals surface area contributed by atoms with E-state index in [4.69, 9.17) is 0 Å².